The average molecular weight is 408 g/mol. The van der Waals surface area contributed by atoms with E-state index in [1.54, 1.807) is 29.6 Å². The minimum Gasteiger partial charge on any atom is -0.457 e. The predicted molar refractivity (Wildman–Crippen MR) is 107 cm³/mol. The Bertz CT molecular complexity index is 1060. The van der Waals surface area contributed by atoms with Gasteiger partial charge in [-0.15, -0.1) is 11.3 Å². The maximum atomic E-state index is 12.9. The van der Waals surface area contributed by atoms with Crippen molar-refractivity contribution in [3.05, 3.63) is 76.7 Å². The molecule has 2 heterocycles. The Balaban J connectivity index is 1.50. The summed E-state index contributed by atoms with van der Waals surface area (Å²) in [4.78, 5) is 36.4. The van der Waals surface area contributed by atoms with Crippen LogP contribution in [0.5, 0.6) is 11.5 Å². The summed E-state index contributed by atoms with van der Waals surface area (Å²) < 4.78 is 11.1. The van der Waals surface area contributed by atoms with Crippen LogP contribution < -0.4 is 15.8 Å². The molecule has 0 aliphatic carbocycles. The van der Waals surface area contributed by atoms with E-state index in [0.717, 1.165) is 11.3 Å². The summed E-state index contributed by atoms with van der Waals surface area (Å²) in [5.41, 5.74) is 6.82. The minimum atomic E-state index is -0.702. The number of carbonyl (C=O) groups excluding carboxylic acids is 3. The van der Waals surface area contributed by atoms with Crippen molar-refractivity contribution in [2.45, 2.75) is 5.92 Å². The van der Waals surface area contributed by atoms with Crippen LogP contribution in [0.15, 0.2) is 60.0 Å². The van der Waals surface area contributed by atoms with Crippen molar-refractivity contribution >= 4 is 34.1 Å². The van der Waals surface area contributed by atoms with E-state index < -0.39 is 30.3 Å². The molecule has 0 fully saturated rings. The van der Waals surface area contributed by atoms with Crippen LogP contribution in [-0.2, 0) is 14.3 Å². The van der Waals surface area contributed by atoms with Crippen LogP contribution in [0.25, 0.3) is 0 Å². The lowest BCUT2D eigenvalue weighted by Gasteiger charge is -2.26. The molecule has 0 bridgehead atoms. The van der Waals surface area contributed by atoms with Gasteiger partial charge in [0.1, 0.15) is 22.4 Å². The number of primary amides is 1. The number of rotatable bonds is 5. The summed E-state index contributed by atoms with van der Waals surface area (Å²) in [6, 6.07) is 15.9. The lowest BCUT2D eigenvalue weighted by molar-refractivity contribution is -0.148. The van der Waals surface area contributed by atoms with Gasteiger partial charge >= 0.3 is 5.97 Å². The van der Waals surface area contributed by atoms with Crippen molar-refractivity contribution < 1.29 is 23.9 Å². The number of carbonyl (C=O) groups is 3. The van der Waals surface area contributed by atoms with Crippen LogP contribution in [0, 0.1) is 0 Å². The SMILES string of the molecule is NC(=O)c1ccsc1NC(=O)COC(=O)C1c2ccccc2Oc2ccccc21. The van der Waals surface area contributed by atoms with Crippen molar-refractivity contribution in [2.24, 2.45) is 5.73 Å². The maximum absolute atomic E-state index is 12.9. The van der Waals surface area contributed by atoms with Crippen molar-refractivity contribution in [1.82, 2.24) is 0 Å². The lowest BCUT2D eigenvalue weighted by atomic mass is 9.88. The zero-order valence-electron chi connectivity index (χ0n) is 15.1. The third-order valence-corrected chi connectivity index (χ3v) is 5.27. The lowest BCUT2D eigenvalue weighted by Crippen LogP contribution is -2.26. The van der Waals surface area contributed by atoms with Gasteiger partial charge in [0.05, 0.1) is 5.56 Å². The molecule has 0 unspecified atom stereocenters. The first-order valence-electron chi connectivity index (χ1n) is 8.74. The van der Waals surface area contributed by atoms with Gasteiger partial charge in [-0.3, -0.25) is 14.4 Å². The van der Waals surface area contributed by atoms with Gasteiger partial charge in [-0.2, -0.15) is 0 Å². The van der Waals surface area contributed by atoms with Crippen molar-refractivity contribution in [1.29, 1.82) is 0 Å². The van der Waals surface area contributed by atoms with E-state index in [1.807, 2.05) is 24.3 Å². The Kier molecular flexibility index (Phi) is 5.01. The Hall–Kier alpha value is -3.65. The number of hydrogen-bond donors (Lipinski definition) is 2. The Morgan fingerprint density at radius 3 is 2.24 bits per heavy atom. The number of nitrogens with one attached hydrogen (secondary N) is 1. The second-order valence-corrected chi connectivity index (χ2v) is 7.21. The molecule has 0 radical (unpaired) electrons. The topological polar surface area (TPSA) is 108 Å². The standard InChI is InChI=1S/C21H16N2O5S/c22-19(25)14-9-10-29-20(14)23-17(24)11-27-21(26)18-12-5-1-3-7-15(12)28-16-8-4-2-6-13(16)18/h1-10,18H,11H2,(H2,22,25)(H,23,24). The number of benzene rings is 2. The summed E-state index contributed by atoms with van der Waals surface area (Å²) in [5.74, 6) is -1.33. The number of hydrogen-bond acceptors (Lipinski definition) is 6. The second-order valence-electron chi connectivity index (χ2n) is 6.29. The number of thiophene rings is 1. The number of nitrogens with two attached hydrogens (primary N) is 1. The van der Waals surface area contributed by atoms with E-state index in [4.69, 9.17) is 15.2 Å². The van der Waals surface area contributed by atoms with E-state index in [2.05, 4.69) is 5.32 Å². The number of para-hydroxylation sites is 2. The van der Waals surface area contributed by atoms with E-state index in [9.17, 15) is 14.4 Å². The number of amides is 2. The Labute approximate surface area is 170 Å². The second kappa shape index (κ2) is 7.76. The molecule has 0 saturated heterocycles. The molecule has 146 valence electrons. The largest absolute Gasteiger partial charge is 0.457 e. The van der Waals surface area contributed by atoms with Gasteiger partial charge in [-0.25, -0.2) is 0 Å². The van der Waals surface area contributed by atoms with Crippen LogP contribution in [-0.4, -0.2) is 24.4 Å². The molecule has 29 heavy (non-hydrogen) atoms. The first kappa shape index (κ1) is 18.7. The van der Waals surface area contributed by atoms with Crippen LogP contribution in [0.4, 0.5) is 5.00 Å². The molecular weight excluding hydrogens is 392 g/mol. The monoisotopic (exact) mass is 408 g/mol. The first-order chi connectivity index (χ1) is 14.0. The number of esters is 1. The molecule has 1 aliphatic rings. The summed E-state index contributed by atoms with van der Waals surface area (Å²) >= 11 is 1.16. The summed E-state index contributed by atoms with van der Waals surface area (Å²) in [6.07, 6.45) is 0. The summed E-state index contributed by atoms with van der Waals surface area (Å²) in [7, 11) is 0. The number of ether oxygens (including phenoxy) is 2. The zero-order chi connectivity index (χ0) is 20.4. The molecule has 2 amide bonds. The van der Waals surface area contributed by atoms with Gasteiger partial charge in [0, 0.05) is 11.1 Å². The van der Waals surface area contributed by atoms with Crippen LogP contribution in [0.2, 0.25) is 0 Å². The van der Waals surface area contributed by atoms with Gasteiger partial charge in [0.25, 0.3) is 11.8 Å². The average Bonchev–Trinajstić information content (AvgIpc) is 3.18. The predicted octanol–water partition coefficient (Wildman–Crippen LogP) is 3.27. The highest BCUT2D eigenvalue weighted by Crippen LogP contribution is 2.44. The first-order valence-corrected chi connectivity index (χ1v) is 9.62. The highest BCUT2D eigenvalue weighted by Gasteiger charge is 2.33. The molecule has 4 rings (SSSR count). The van der Waals surface area contributed by atoms with Gasteiger partial charge in [-0.05, 0) is 23.6 Å². The number of anilines is 1. The third-order valence-electron chi connectivity index (χ3n) is 4.44. The molecule has 1 aliphatic heterocycles. The van der Waals surface area contributed by atoms with Crippen molar-refractivity contribution in [2.75, 3.05) is 11.9 Å². The molecular formula is C21H16N2O5S. The molecule has 7 nitrogen and oxygen atoms in total. The van der Waals surface area contributed by atoms with E-state index in [1.165, 1.54) is 6.07 Å². The normalized spacial score (nSPS) is 12.3. The van der Waals surface area contributed by atoms with Crippen LogP contribution in [0.3, 0.4) is 0 Å². The van der Waals surface area contributed by atoms with E-state index in [-0.39, 0.29) is 5.56 Å². The third kappa shape index (κ3) is 3.70. The van der Waals surface area contributed by atoms with Gasteiger partial charge < -0.3 is 20.5 Å². The summed E-state index contributed by atoms with van der Waals surface area (Å²) in [6.45, 7) is -0.489. The molecule has 3 aromatic rings. The minimum absolute atomic E-state index is 0.210. The molecule has 1 aromatic heterocycles. The molecule has 3 N–H and O–H groups in total. The fraction of sp³-hybridized carbons (Fsp3) is 0.0952. The Morgan fingerprint density at radius 1 is 1.00 bits per heavy atom. The molecule has 0 spiro atoms. The molecule has 2 aromatic carbocycles. The van der Waals surface area contributed by atoms with E-state index in [0.29, 0.717) is 27.6 Å². The zero-order valence-corrected chi connectivity index (χ0v) is 15.9. The molecule has 8 heteroatoms. The fourth-order valence-corrected chi connectivity index (χ4v) is 3.96. The fourth-order valence-electron chi connectivity index (χ4n) is 3.15. The quantitative estimate of drug-likeness (QED) is 0.630. The Morgan fingerprint density at radius 2 is 1.62 bits per heavy atom. The molecule has 0 saturated carbocycles. The highest BCUT2D eigenvalue weighted by atomic mass is 32.1. The van der Waals surface area contributed by atoms with Crippen LogP contribution in [0.1, 0.15) is 27.4 Å². The van der Waals surface area contributed by atoms with Crippen LogP contribution >= 0.6 is 11.3 Å². The number of fused-ring (bicyclic) bond motifs is 2. The maximum Gasteiger partial charge on any atom is 0.318 e. The smallest absolute Gasteiger partial charge is 0.318 e. The van der Waals surface area contributed by atoms with Gasteiger partial charge in [0.2, 0.25) is 0 Å². The molecule has 0 atom stereocenters. The van der Waals surface area contributed by atoms with Gasteiger partial charge in [-0.1, -0.05) is 36.4 Å². The van der Waals surface area contributed by atoms with E-state index >= 15 is 0 Å². The summed E-state index contributed by atoms with van der Waals surface area (Å²) in [5, 5.41) is 4.50. The highest BCUT2D eigenvalue weighted by molar-refractivity contribution is 7.14. The van der Waals surface area contributed by atoms with Crippen molar-refractivity contribution in [3.63, 3.8) is 0 Å². The van der Waals surface area contributed by atoms with Gasteiger partial charge in [0.15, 0.2) is 6.61 Å². The van der Waals surface area contributed by atoms with Crippen molar-refractivity contribution in [3.8, 4) is 11.5 Å².